The van der Waals surface area contributed by atoms with Crippen LogP contribution in [0.15, 0.2) is 24.8 Å². The number of hydrogen-bond donors (Lipinski definition) is 0. The molecule has 19 heavy (non-hydrogen) atoms. The van der Waals surface area contributed by atoms with Crippen LogP contribution in [0.4, 0.5) is 0 Å². The van der Waals surface area contributed by atoms with Crippen LogP contribution in [0.2, 0.25) is 0 Å². The Bertz CT molecular complexity index is 454. The first-order chi connectivity index (χ1) is 9.35. The molecule has 1 aromatic carbocycles. The normalized spacial score (nSPS) is 12.2. The van der Waals surface area contributed by atoms with Gasteiger partial charge >= 0.3 is 0 Å². The Morgan fingerprint density at radius 2 is 2.00 bits per heavy atom. The van der Waals surface area contributed by atoms with Crippen molar-refractivity contribution < 1.29 is 19.0 Å². The molecule has 0 unspecified atom stereocenters. The number of hydrogen-bond acceptors (Lipinski definition) is 4. The zero-order valence-electron chi connectivity index (χ0n) is 10.9. The number of carbonyl (C=O) groups excluding carboxylic acids is 1. The van der Waals surface area contributed by atoms with Gasteiger partial charge < -0.3 is 14.2 Å². The highest BCUT2D eigenvalue weighted by molar-refractivity contribution is 5.81. The van der Waals surface area contributed by atoms with Crippen LogP contribution in [0.3, 0.4) is 0 Å². The molecule has 1 aliphatic heterocycles. The van der Waals surface area contributed by atoms with Gasteiger partial charge in [0.2, 0.25) is 6.79 Å². The van der Waals surface area contributed by atoms with E-state index in [4.69, 9.17) is 14.2 Å². The SMILES string of the molecule is C=CCCCCCOc1cc2c(cc1C=O)OCO2. The molecule has 4 nitrogen and oxygen atoms in total. The molecular formula is C15H18O4. The highest BCUT2D eigenvalue weighted by atomic mass is 16.7. The van der Waals surface area contributed by atoms with Crippen LogP contribution < -0.4 is 14.2 Å². The lowest BCUT2D eigenvalue weighted by Crippen LogP contribution is -2.00. The molecule has 2 rings (SSSR count). The fourth-order valence-electron chi connectivity index (χ4n) is 1.91. The van der Waals surface area contributed by atoms with Crippen molar-refractivity contribution in [2.75, 3.05) is 13.4 Å². The van der Waals surface area contributed by atoms with Crippen molar-refractivity contribution in [3.8, 4) is 17.2 Å². The molecule has 1 aromatic rings. The zero-order chi connectivity index (χ0) is 13.5. The van der Waals surface area contributed by atoms with Gasteiger partial charge in [-0.25, -0.2) is 0 Å². The molecule has 102 valence electrons. The molecule has 0 amide bonds. The summed E-state index contributed by atoms with van der Waals surface area (Å²) < 4.78 is 16.1. The number of aldehydes is 1. The lowest BCUT2D eigenvalue weighted by molar-refractivity contribution is 0.111. The topological polar surface area (TPSA) is 44.8 Å². The molecule has 0 saturated carbocycles. The molecule has 0 N–H and O–H groups in total. The van der Waals surface area contributed by atoms with Gasteiger partial charge in [0.1, 0.15) is 5.75 Å². The van der Waals surface area contributed by atoms with Gasteiger partial charge in [-0.2, -0.15) is 0 Å². The van der Waals surface area contributed by atoms with Gasteiger partial charge in [0.15, 0.2) is 17.8 Å². The van der Waals surface area contributed by atoms with Gasteiger partial charge in [-0.15, -0.1) is 6.58 Å². The summed E-state index contributed by atoms with van der Waals surface area (Å²) in [5, 5.41) is 0. The molecule has 0 aromatic heterocycles. The van der Waals surface area contributed by atoms with Crippen molar-refractivity contribution in [3.05, 3.63) is 30.4 Å². The minimum atomic E-state index is 0.193. The standard InChI is InChI=1S/C15H18O4/c1-2-3-4-5-6-7-17-13-9-15-14(18-11-19-15)8-12(13)10-16/h2,8-10H,1,3-7,11H2. The van der Waals surface area contributed by atoms with Gasteiger partial charge in [-0.1, -0.05) is 6.08 Å². The van der Waals surface area contributed by atoms with E-state index in [2.05, 4.69) is 6.58 Å². The smallest absolute Gasteiger partial charge is 0.231 e. The van der Waals surface area contributed by atoms with E-state index >= 15 is 0 Å². The maximum atomic E-state index is 11.0. The summed E-state index contributed by atoms with van der Waals surface area (Å²) in [5.41, 5.74) is 0.496. The van der Waals surface area contributed by atoms with Crippen LogP contribution in [0.1, 0.15) is 36.0 Å². The van der Waals surface area contributed by atoms with Crippen LogP contribution in [0, 0.1) is 0 Å². The third kappa shape index (κ3) is 3.50. The molecule has 0 saturated heterocycles. The summed E-state index contributed by atoms with van der Waals surface area (Å²) in [5.74, 6) is 1.79. The first-order valence-electron chi connectivity index (χ1n) is 6.47. The van der Waals surface area contributed by atoms with Crippen LogP contribution in [-0.2, 0) is 0 Å². The number of benzene rings is 1. The Kier molecular flexibility index (Phi) is 4.84. The van der Waals surface area contributed by atoms with Crippen LogP contribution in [-0.4, -0.2) is 19.7 Å². The monoisotopic (exact) mass is 262 g/mol. The van der Waals surface area contributed by atoms with E-state index in [1.54, 1.807) is 12.1 Å². The van der Waals surface area contributed by atoms with Crippen molar-refractivity contribution in [3.63, 3.8) is 0 Å². The number of ether oxygens (including phenoxy) is 3. The Morgan fingerprint density at radius 1 is 1.21 bits per heavy atom. The maximum Gasteiger partial charge on any atom is 0.231 e. The summed E-state index contributed by atoms with van der Waals surface area (Å²) in [6.45, 7) is 4.47. The van der Waals surface area contributed by atoms with E-state index in [0.29, 0.717) is 29.4 Å². The molecule has 0 radical (unpaired) electrons. The summed E-state index contributed by atoms with van der Waals surface area (Å²) in [4.78, 5) is 11.0. The average molecular weight is 262 g/mol. The fourth-order valence-corrected chi connectivity index (χ4v) is 1.91. The van der Waals surface area contributed by atoms with Gasteiger partial charge in [-0.05, 0) is 31.7 Å². The van der Waals surface area contributed by atoms with Gasteiger partial charge in [-0.3, -0.25) is 4.79 Å². The molecule has 1 aliphatic rings. The van der Waals surface area contributed by atoms with Crippen molar-refractivity contribution in [2.24, 2.45) is 0 Å². The van der Waals surface area contributed by atoms with E-state index in [0.717, 1.165) is 32.0 Å². The van der Waals surface area contributed by atoms with Crippen molar-refractivity contribution in [2.45, 2.75) is 25.7 Å². The number of rotatable bonds is 8. The summed E-state index contributed by atoms with van der Waals surface area (Å²) >= 11 is 0. The summed E-state index contributed by atoms with van der Waals surface area (Å²) in [7, 11) is 0. The number of unbranched alkanes of at least 4 members (excludes halogenated alkanes) is 3. The minimum Gasteiger partial charge on any atom is -0.493 e. The predicted octanol–water partition coefficient (Wildman–Crippen LogP) is 3.35. The first-order valence-corrected chi connectivity index (χ1v) is 6.47. The third-order valence-corrected chi connectivity index (χ3v) is 2.94. The van der Waals surface area contributed by atoms with Crippen LogP contribution in [0.5, 0.6) is 17.2 Å². The van der Waals surface area contributed by atoms with E-state index < -0.39 is 0 Å². The fraction of sp³-hybridized carbons (Fsp3) is 0.400. The quantitative estimate of drug-likeness (QED) is 0.409. The highest BCUT2D eigenvalue weighted by Gasteiger charge is 2.17. The number of fused-ring (bicyclic) bond motifs is 1. The molecule has 1 heterocycles. The molecule has 0 bridgehead atoms. The van der Waals surface area contributed by atoms with Crippen molar-refractivity contribution >= 4 is 6.29 Å². The Labute approximate surface area is 113 Å². The second-order valence-corrected chi connectivity index (χ2v) is 4.35. The van der Waals surface area contributed by atoms with Crippen molar-refractivity contribution in [1.29, 1.82) is 0 Å². The number of allylic oxidation sites excluding steroid dienone is 1. The molecule has 4 heteroatoms. The Morgan fingerprint density at radius 3 is 2.74 bits per heavy atom. The predicted molar refractivity (Wildman–Crippen MR) is 72.1 cm³/mol. The Balaban J connectivity index is 1.89. The average Bonchev–Trinajstić information content (AvgIpc) is 2.88. The van der Waals surface area contributed by atoms with Crippen LogP contribution in [0.25, 0.3) is 0 Å². The second-order valence-electron chi connectivity index (χ2n) is 4.35. The summed E-state index contributed by atoms with van der Waals surface area (Å²) in [6, 6.07) is 3.37. The van der Waals surface area contributed by atoms with Gasteiger partial charge in [0, 0.05) is 6.07 Å². The lowest BCUT2D eigenvalue weighted by Gasteiger charge is -2.09. The van der Waals surface area contributed by atoms with Gasteiger partial charge in [0.05, 0.1) is 12.2 Å². The lowest BCUT2D eigenvalue weighted by atomic mass is 10.2. The zero-order valence-corrected chi connectivity index (χ0v) is 10.9. The van der Waals surface area contributed by atoms with Gasteiger partial charge in [0.25, 0.3) is 0 Å². The maximum absolute atomic E-state index is 11.0. The Hall–Kier alpha value is -1.97. The van der Waals surface area contributed by atoms with Crippen LogP contribution >= 0.6 is 0 Å². The first kappa shape index (κ1) is 13.5. The third-order valence-electron chi connectivity index (χ3n) is 2.94. The van der Waals surface area contributed by atoms with Crippen molar-refractivity contribution in [1.82, 2.24) is 0 Å². The van der Waals surface area contributed by atoms with E-state index in [1.165, 1.54) is 0 Å². The molecule has 0 fully saturated rings. The minimum absolute atomic E-state index is 0.193. The molecule has 0 aliphatic carbocycles. The number of carbonyl (C=O) groups is 1. The summed E-state index contributed by atoms with van der Waals surface area (Å²) in [6.07, 6.45) is 6.89. The molecular weight excluding hydrogens is 244 g/mol. The van der Waals surface area contributed by atoms with E-state index in [-0.39, 0.29) is 6.79 Å². The second kappa shape index (κ2) is 6.83. The molecule has 0 spiro atoms. The molecule has 0 atom stereocenters. The van der Waals surface area contributed by atoms with E-state index in [1.807, 2.05) is 6.08 Å². The van der Waals surface area contributed by atoms with E-state index in [9.17, 15) is 4.79 Å². The highest BCUT2D eigenvalue weighted by Crippen LogP contribution is 2.37. The largest absolute Gasteiger partial charge is 0.493 e.